The minimum Gasteiger partial charge on any atom is -0.354 e. The molecule has 0 radical (unpaired) electrons. The fraction of sp³-hybridized carbons (Fsp3) is 0.353. The number of rotatable bonds is 5. The van der Waals surface area contributed by atoms with Crippen LogP contribution in [0.15, 0.2) is 36.5 Å². The summed E-state index contributed by atoms with van der Waals surface area (Å²) in [6.07, 6.45) is 6.33. The Morgan fingerprint density at radius 1 is 1.21 bits per heavy atom. The van der Waals surface area contributed by atoms with Crippen LogP contribution in [0.1, 0.15) is 18.5 Å². The number of fused-ring (bicyclic) bond motifs is 1. The first kappa shape index (κ1) is 17.7. The summed E-state index contributed by atoms with van der Waals surface area (Å²) in [6, 6.07) is 3.75. The van der Waals surface area contributed by atoms with E-state index in [4.69, 9.17) is 0 Å². The fourth-order valence-corrected chi connectivity index (χ4v) is 4.25. The van der Waals surface area contributed by atoms with E-state index in [0.29, 0.717) is 18.9 Å². The number of carbonyl (C=O) groups excluding carboxylic acids is 1. The summed E-state index contributed by atoms with van der Waals surface area (Å²) in [4.78, 5) is 23.7. The number of hydrogen-bond acceptors (Lipinski definition) is 9. The largest absolute Gasteiger partial charge is 0.354 e. The quantitative estimate of drug-likeness (QED) is 0.511. The third-order valence-electron chi connectivity index (χ3n) is 4.94. The van der Waals surface area contributed by atoms with Crippen LogP contribution in [0.3, 0.4) is 0 Å². The first-order chi connectivity index (χ1) is 14.3. The second-order valence-corrected chi connectivity index (χ2v) is 7.61. The van der Waals surface area contributed by atoms with Gasteiger partial charge in [-0.2, -0.15) is 10.2 Å². The molecule has 5 rings (SSSR count). The Balaban J connectivity index is 1.22. The predicted molar refractivity (Wildman–Crippen MR) is 105 cm³/mol. The Bertz CT molecular complexity index is 1100. The smallest absolute Gasteiger partial charge is 0.225 e. The van der Waals surface area contributed by atoms with Crippen LogP contribution < -0.4 is 10.2 Å². The van der Waals surface area contributed by atoms with Gasteiger partial charge in [0.1, 0.15) is 19.0 Å². The summed E-state index contributed by atoms with van der Waals surface area (Å²) in [5, 5.41) is 21.7. The summed E-state index contributed by atoms with van der Waals surface area (Å²) in [5.74, 6) is 1.31. The average Bonchev–Trinajstić information content (AvgIpc) is 3.51. The molecule has 1 amide bonds. The van der Waals surface area contributed by atoms with Crippen molar-refractivity contribution >= 4 is 28.0 Å². The molecule has 12 heteroatoms. The molecule has 148 valence electrons. The van der Waals surface area contributed by atoms with Crippen molar-refractivity contribution in [3.8, 4) is 5.82 Å². The maximum atomic E-state index is 12.7. The van der Waals surface area contributed by atoms with Crippen molar-refractivity contribution in [3.05, 3.63) is 42.2 Å². The summed E-state index contributed by atoms with van der Waals surface area (Å²) >= 11 is 1.51. The molecule has 0 saturated carbocycles. The van der Waals surface area contributed by atoms with Gasteiger partial charge in [0, 0.05) is 18.5 Å². The molecular formula is C17H18N10OS. The van der Waals surface area contributed by atoms with Gasteiger partial charge in [-0.05, 0) is 25.0 Å². The molecule has 4 aromatic rings. The molecule has 0 unspecified atom stereocenters. The van der Waals surface area contributed by atoms with E-state index in [2.05, 4.69) is 40.6 Å². The molecule has 0 bridgehead atoms. The highest BCUT2D eigenvalue weighted by Gasteiger charge is 2.27. The normalized spacial score (nSPS) is 17.0. The molecule has 0 spiro atoms. The summed E-state index contributed by atoms with van der Waals surface area (Å²) < 4.78 is 3.31. The maximum absolute atomic E-state index is 12.7. The number of thiazole rings is 1. The summed E-state index contributed by atoms with van der Waals surface area (Å²) in [6.45, 7) is 1.90. The Hall–Kier alpha value is -3.41. The lowest BCUT2D eigenvalue weighted by atomic mass is 9.97. The van der Waals surface area contributed by atoms with Crippen molar-refractivity contribution in [2.45, 2.75) is 19.4 Å². The molecule has 1 fully saturated rings. The third kappa shape index (κ3) is 3.53. The maximum Gasteiger partial charge on any atom is 0.225 e. The van der Waals surface area contributed by atoms with Crippen LogP contribution in [0.5, 0.6) is 0 Å². The van der Waals surface area contributed by atoms with E-state index in [0.717, 1.165) is 35.9 Å². The zero-order chi connectivity index (χ0) is 19.6. The minimum absolute atomic E-state index is 0.0429. The van der Waals surface area contributed by atoms with Gasteiger partial charge in [0.15, 0.2) is 11.6 Å². The van der Waals surface area contributed by atoms with Gasteiger partial charge < -0.3 is 10.2 Å². The Morgan fingerprint density at radius 3 is 2.93 bits per heavy atom. The molecular weight excluding hydrogens is 392 g/mol. The average molecular weight is 410 g/mol. The van der Waals surface area contributed by atoms with Gasteiger partial charge in [0.2, 0.25) is 10.9 Å². The zero-order valence-corrected chi connectivity index (χ0v) is 16.2. The highest BCUT2D eigenvalue weighted by atomic mass is 32.1. The summed E-state index contributed by atoms with van der Waals surface area (Å²) in [5.41, 5.74) is 0.929. The Labute approximate surface area is 169 Å². The van der Waals surface area contributed by atoms with E-state index in [9.17, 15) is 4.79 Å². The van der Waals surface area contributed by atoms with Gasteiger partial charge in [-0.25, -0.2) is 19.2 Å². The lowest BCUT2D eigenvalue weighted by Gasteiger charge is -2.32. The molecule has 11 nitrogen and oxygen atoms in total. The van der Waals surface area contributed by atoms with E-state index in [1.54, 1.807) is 15.5 Å². The number of hydrogen-bond donors (Lipinski definition) is 1. The van der Waals surface area contributed by atoms with Crippen molar-refractivity contribution in [2.75, 3.05) is 18.0 Å². The zero-order valence-electron chi connectivity index (χ0n) is 15.4. The van der Waals surface area contributed by atoms with E-state index in [-0.39, 0.29) is 11.8 Å². The molecule has 1 atom stereocenters. The Morgan fingerprint density at radius 2 is 2.10 bits per heavy atom. The van der Waals surface area contributed by atoms with Crippen LogP contribution in [0.2, 0.25) is 0 Å². The highest BCUT2D eigenvalue weighted by molar-refractivity contribution is 7.15. The standard InChI is InChI=1S/C17H18N10OS/c28-16(19-6-13-8-29-17-20-10-22-27(13)17)12-2-1-5-25(7-12)14-3-4-15(24-23-14)26-11-18-9-21-26/h3-4,8-12H,1-2,5-7H2,(H,19,28)/t12-/m0/s1. The molecule has 1 saturated heterocycles. The molecule has 1 aliphatic heterocycles. The molecule has 29 heavy (non-hydrogen) atoms. The first-order valence-corrected chi connectivity index (χ1v) is 10.1. The third-order valence-corrected chi connectivity index (χ3v) is 5.82. The predicted octanol–water partition coefficient (Wildman–Crippen LogP) is 0.694. The first-order valence-electron chi connectivity index (χ1n) is 9.25. The lowest BCUT2D eigenvalue weighted by Crippen LogP contribution is -2.43. The van der Waals surface area contributed by atoms with Crippen molar-refractivity contribution < 1.29 is 4.79 Å². The Kier molecular flexibility index (Phi) is 4.60. The van der Waals surface area contributed by atoms with Crippen LogP contribution in [-0.4, -0.2) is 58.6 Å². The second-order valence-electron chi connectivity index (χ2n) is 6.77. The van der Waals surface area contributed by atoms with E-state index >= 15 is 0 Å². The van der Waals surface area contributed by atoms with Crippen molar-refractivity contribution in [1.82, 2.24) is 44.9 Å². The van der Waals surface area contributed by atoms with E-state index in [1.807, 2.05) is 17.5 Å². The van der Waals surface area contributed by atoms with Gasteiger partial charge in [0.25, 0.3) is 0 Å². The van der Waals surface area contributed by atoms with E-state index < -0.39 is 0 Å². The number of amides is 1. The van der Waals surface area contributed by atoms with Crippen LogP contribution in [0.4, 0.5) is 5.82 Å². The molecule has 0 aromatic carbocycles. The molecule has 1 N–H and O–H groups in total. The fourth-order valence-electron chi connectivity index (χ4n) is 3.45. The van der Waals surface area contributed by atoms with Crippen molar-refractivity contribution in [3.63, 3.8) is 0 Å². The SMILES string of the molecule is O=C(NCc1csc2ncnn12)[C@H]1CCCN(c2ccc(-n3cncn3)nn2)C1. The van der Waals surface area contributed by atoms with Gasteiger partial charge >= 0.3 is 0 Å². The van der Waals surface area contributed by atoms with Crippen molar-refractivity contribution in [1.29, 1.82) is 0 Å². The molecule has 1 aliphatic rings. The van der Waals surface area contributed by atoms with Crippen molar-refractivity contribution in [2.24, 2.45) is 5.92 Å². The molecule has 0 aliphatic carbocycles. The number of nitrogens with one attached hydrogen (secondary N) is 1. The van der Waals surface area contributed by atoms with Gasteiger partial charge in [0.05, 0.1) is 18.2 Å². The number of carbonyl (C=O) groups is 1. The van der Waals surface area contributed by atoms with Crippen LogP contribution in [0.25, 0.3) is 10.8 Å². The van der Waals surface area contributed by atoms with Crippen LogP contribution in [0, 0.1) is 5.92 Å². The monoisotopic (exact) mass is 410 g/mol. The van der Waals surface area contributed by atoms with Gasteiger partial charge in [-0.3, -0.25) is 4.79 Å². The van der Waals surface area contributed by atoms with Crippen LogP contribution >= 0.6 is 11.3 Å². The highest BCUT2D eigenvalue weighted by Crippen LogP contribution is 2.22. The minimum atomic E-state index is -0.0922. The van der Waals surface area contributed by atoms with Gasteiger partial charge in [-0.15, -0.1) is 21.5 Å². The molecule has 4 aromatic heterocycles. The number of nitrogens with zero attached hydrogens (tertiary/aromatic N) is 9. The topological polar surface area (TPSA) is 119 Å². The number of anilines is 1. The van der Waals surface area contributed by atoms with Gasteiger partial charge in [-0.1, -0.05) is 0 Å². The molecule has 5 heterocycles. The summed E-state index contributed by atoms with van der Waals surface area (Å²) in [7, 11) is 0. The second kappa shape index (κ2) is 7.54. The van der Waals surface area contributed by atoms with E-state index in [1.165, 1.54) is 24.0 Å². The number of aromatic nitrogens is 8. The lowest BCUT2D eigenvalue weighted by molar-refractivity contribution is -0.125. The number of piperidine rings is 1. The van der Waals surface area contributed by atoms with Crippen LogP contribution in [-0.2, 0) is 11.3 Å².